The lowest BCUT2D eigenvalue weighted by Crippen LogP contribution is -2.27. The molecule has 0 unspecified atom stereocenters. The van der Waals surface area contributed by atoms with Gasteiger partial charge >= 0.3 is 0 Å². The molecule has 0 aromatic rings. The van der Waals surface area contributed by atoms with E-state index in [4.69, 9.17) is 5.73 Å². The van der Waals surface area contributed by atoms with E-state index in [2.05, 4.69) is 11.9 Å². The molecule has 1 heterocycles. The number of hydrogen-bond donors (Lipinski definition) is 2. The van der Waals surface area contributed by atoms with Gasteiger partial charge in [0.25, 0.3) is 0 Å². The van der Waals surface area contributed by atoms with Crippen LogP contribution in [0.15, 0.2) is 48.2 Å². The topological polar surface area (TPSA) is 38.0 Å². The van der Waals surface area contributed by atoms with E-state index >= 15 is 0 Å². The van der Waals surface area contributed by atoms with Gasteiger partial charge in [-0.1, -0.05) is 30.9 Å². The highest BCUT2D eigenvalue weighted by Crippen LogP contribution is 2.02. The summed E-state index contributed by atoms with van der Waals surface area (Å²) in [6.45, 7) is 5.27. The molecule has 0 aliphatic carbocycles. The molecule has 0 amide bonds. The molecule has 0 radical (unpaired) electrons. The van der Waals surface area contributed by atoms with Crippen LogP contribution in [0.1, 0.15) is 0 Å². The van der Waals surface area contributed by atoms with Crippen LogP contribution in [0.25, 0.3) is 0 Å². The molecule has 3 N–H and O–H groups in total. The predicted octanol–water partition coefficient (Wildman–Crippen LogP) is 1.10. The first kappa shape index (κ1) is 8.81. The normalized spacial score (nSPS) is 21.3. The Morgan fingerprint density at radius 3 is 2.92 bits per heavy atom. The summed E-state index contributed by atoms with van der Waals surface area (Å²) < 4.78 is 0. The van der Waals surface area contributed by atoms with Gasteiger partial charge in [0.05, 0.1) is 0 Å². The average Bonchev–Trinajstić information content (AvgIpc) is 2.05. The average molecular weight is 162 g/mol. The second-order valence-corrected chi connectivity index (χ2v) is 2.68. The maximum absolute atomic E-state index is 5.64. The zero-order chi connectivity index (χ0) is 8.81. The molecule has 2 nitrogen and oxygen atoms in total. The SMILES string of the molecule is C=C/C=C\C=C1\C=C(N)CNC1. The molecule has 1 aliphatic heterocycles. The molecule has 0 atom stereocenters. The summed E-state index contributed by atoms with van der Waals surface area (Å²) in [5.41, 5.74) is 7.74. The van der Waals surface area contributed by atoms with Crippen LogP contribution in [-0.4, -0.2) is 13.1 Å². The Balaban J connectivity index is 2.62. The molecule has 2 heteroatoms. The first-order chi connectivity index (χ1) is 5.83. The Morgan fingerprint density at radius 1 is 1.42 bits per heavy atom. The van der Waals surface area contributed by atoms with Gasteiger partial charge in [-0.15, -0.1) is 0 Å². The van der Waals surface area contributed by atoms with E-state index in [1.807, 2.05) is 24.3 Å². The third kappa shape index (κ3) is 2.76. The van der Waals surface area contributed by atoms with Crippen LogP contribution < -0.4 is 11.1 Å². The van der Waals surface area contributed by atoms with Crippen molar-refractivity contribution in [1.82, 2.24) is 5.32 Å². The zero-order valence-corrected chi connectivity index (χ0v) is 7.09. The van der Waals surface area contributed by atoms with Crippen molar-refractivity contribution in [2.24, 2.45) is 5.73 Å². The van der Waals surface area contributed by atoms with Crippen molar-refractivity contribution in [2.45, 2.75) is 0 Å². The molecule has 64 valence electrons. The van der Waals surface area contributed by atoms with E-state index in [1.165, 1.54) is 5.57 Å². The van der Waals surface area contributed by atoms with Crippen LogP contribution >= 0.6 is 0 Å². The molecule has 12 heavy (non-hydrogen) atoms. The maximum atomic E-state index is 5.64. The van der Waals surface area contributed by atoms with Gasteiger partial charge in [0.2, 0.25) is 0 Å². The molecule has 1 aliphatic rings. The molecule has 0 spiro atoms. The molecular formula is C10H14N2. The zero-order valence-electron chi connectivity index (χ0n) is 7.09. The summed E-state index contributed by atoms with van der Waals surface area (Å²) in [6, 6.07) is 0. The third-order valence-corrected chi connectivity index (χ3v) is 1.59. The van der Waals surface area contributed by atoms with Gasteiger partial charge < -0.3 is 11.1 Å². The number of rotatable bonds is 2. The molecule has 0 aromatic carbocycles. The van der Waals surface area contributed by atoms with Gasteiger partial charge in [-0.2, -0.15) is 0 Å². The minimum absolute atomic E-state index is 0.794. The summed E-state index contributed by atoms with van der Waals surface area (Å²) >= 11 is 0. The van der Waals surface area contributed by atoms with E-state index < -0.39 is 0 Å². The fourth-order valence-corrected chi connectivity index (χ4v) is 1.06. The highest BCUT2D eigenvalue weighted by molar-refractivity contribution is 5.31. The van der Waals surface area contributed by atoms with Crippen LogP contribution in [0.5, 0.6) is 0 Å². The molecule has 0 saturated heterocycles. The minimum atomic E-state index is 0.794. The number of nitrogens with two attached hydrogens (primary N) is 1. The van der Waals surface area contributed by atoms with Gasteiger partial charge in [-0.25, -0.2) is 0 Å². The lowest BCUT2D eigenvalue weighted by molar-refractivity contribution is 0.767. The van der Waals surface area contributed by atoms with E-state index in [0.717, 1.165) is 18.8 Å². The molecule has 0 aromatic heterocycles. The molecule has 0 saturated carbocycles. The van der Waals surface area contributed by atoms with Gasteiger partial charge in [-0.3, -0.25) is 0 Å². The van der Waals surface area contributed by atoms with Crippen LogP contribution in [0, 0.1) is 0 Å². The van der Waals surface area contributed by atoms with Crippen molar-refractivity contribution < 1.29 is 0 Å². The van der Waals surface area contributed by atoms with Crippen molar-refractivity contribution >= 4 is 0 Å². The monoisotopic (exact) mass is 162 g/mol. The van der Waals surface area contributed by atoms with E-state index in [-0.39, 0.29) is 0 Å². The summed E-state index contributed by atoms with van der Waals surface area (Å²) in [6.07, 6.45) is 9.63. The maximum Gasteiger partial charge on any atom is 0.0354 e. The van der Waals surface area contributed by atoms with E-state index in [0.29, 0.717) is 0 Å². The quantitative estimate of drug-likeness (QED) is 0.597. The molecule has 1 rings (SSSR count). The van der Waals surface area contributed by atoms with Crippen molar-refractivity contribution in [3.8, 4) is 0 Å². The van der Waals surface area contributed by atoms with Crippen molar-refractivity contribution in [3.63, 3.8) is 0 Å². The number of allylic oxidation sites excluding steroid dienone is 4. The van der Waals surface area contributed by atoms with Gasteiger partial charge in [0, 0.05) is 18.8 Å². The fourth-order valence-electron chi connectivity index (χ4n) is 1.06. The highest BCUT2D eigenvalue weighted by Gasteiger charge is 2.00. The summed E-state index contributed by atoms with van der Waals surface area (Å²) in [5.74, 6) is 0. The minimum Gasteiger partial charge on any atom is -0.401 e. The summed E-state index contributed by atoms with van der Waals surface area (Å²) in [7, 11) is 0. The first-order valence-corrected chi connectivity index (χ1v) is 3.98. The summed E-state index contributed by atoms with van der Waals surface area (Å²) in [5, 5.41) is 3.19. The van der Waals surface area contributed by atoms with Crippen LogP contribution in [0.3, 0.4) is 0 Å². The first-order valence-electron chi connectivity index (χ1n) is 3.98. The standard InChI is InChI=1S/C10H14N2/c1-2-3-4-5-9-6-10(11)8-12-7-9/h2-6,12H,1,7-8,11H2/b4-3-,9-5-. The molecular weight excluding hydrogens is 148 g/mol. The second kappa shape index (κ2) is 4.57. The van der Waals surface area contributed by atoms with E-state index in [9.17, 15) is 0 Å². The van der Waals surface area contributed by atoms with Crippen molar-refractivity contribution in [3.05, 3.63) is 48.2 Å². The Bertz CT molecular complexity index is 247. The van der Waals surface area contributed by atoms with Crippen LogP contribution in [-0.2, 0) is 0 Å². The smallest absolute Gasteiger partial charge is 0.0354 e. The van der Waals surface area contributed by atoms with Gasteiger partial charge in [0.15, 0.2) is 0 Å². The Hall–Kier alpha value is -1.28. The van der Waals surface area contributed by atoms with Gasteiger partial charge in [-0.05, 0) is 11.6 Å². The Labute approximate surface area is 73.1 Å². The largest absolute Gasteiger partial charge is 0.401 e. The van der Waals surface area contributed by atoms with Crippen LogP contribution in [0.2, 0.25) is 0 Å². The lowest BCUT2D eigenvalue weighted by Gasteiger charge is -2.12. The van der Waals surface area contributed by atoms with Gasteiger partial charge in [0.1, 0.15) is 0 Å². The highest BCUT2D eigenvalue weighted by atomic mass is 14.9. The molecule has 0 fully saturated rings. The predicted molar refractivity (Wildman–Crippen MR) is 52.6 cm³/mol. The number of nitrogens with one attached hydrogen (secondary N) is 1. The van der Waals surface area contributed by atoms with Crippen molar-refractivity contribution in [2.75, 3.05) is 13.1 Å². The number of hydrogen-bond acceptors (Lipinski definition) is 2. The molecule has 0 bridgehead atoms. The fraction of sp³-hybridized carbons (Fsp3) is 0.200. The van der Waals surface area contributed by atoms with Crippen LogP contribution in [0.4, 0.5) is 0 Å². The Morgan fingerprint density at radius 2 is 2.25 bits per heavy atom. The summed E-state index contributed by atoms with van der Waals surface area (Å²) in [4.78, 5) is 0. The third-order valence-electron chi connectivity index (χ3n) is 1.59. The van der Waals surface area contributed by atoms with E-state index in [1.54, 1.807) is 6.08 Å². The van der Waals surface area contributed by atoms with Crippen molar-refractivity contribution in [1.29, 1.82) is 0 Å². The second-order valence-electron chi connectivity index (χ2n) is 2.68. The Kier molecular flexibility index (Phi) is 3.35. The lowest BCUT2D eigenvalue weighted by atomic mass is 10.1.